The van der Waals surface area contributed by atoms with Gasteiger partial charge in [-0.05, 0) is 31.0 Å². The Morgan fingerprint density at radius 1 is 1.50 bits per heavy atom. The molecule has 0 saturated heterocycles. The molecule has 0 fully saturated rings. The van der Waals surface area contributed by atoms with E-state index in [9.17, 15) is 13.2 Å². The van der Waals surface area contributed by atoms with Gasteiger partial charge in [-0.25, -0.2) is 13.2 Å². The summed E-state index contributed by atoms with van der Waals surface area (Å²) in [5.41, 5.74) is 0.999. The summed E-state index contributed by atoms with van der Waals surface area (Å²) in [6.07, 6.45) is -0.109. The largest absolute Gasteiger partial charge is 0.478 e. The van der Waals surface area contributed by atoms with Crippen LogP contribution in [0.3, 0.4) is 0 Å². The standard InChI is InChI=1S/C13H15ClO5S/c1-8-9(13(15)16)2-3-11-12(8)10(19-6-5-14)4-7-20(11,17)18/h2-3,10H,4-7H2,1H3,(H,15,16). The molecule has 0 bridgehead atoms. The van der Waals surface area contributed by atoms with E-state index < -0.39 is 21.9 Å². The third kappa shape index (κ3) is 2.68. The highest BCUT2D eigenvalue weighted by Crippen LogP contribution is 2.37. The van der Waals surface area contributed by atoms with E-state index in [1.54, 1.807) is 6.92 Å². The molecule has 1 atom stereocenters. The molecular weight excluding hydrogens is 304 g/mol. The van der Waals surface area contributed by atoms with Gasteiger partial charge in [0.25, 0.3) is 0 Å². The molecule has 7 heteroatoms. The molecular formula is C13H15ClO5S. The number of hydrogen-bond donors (Lipinski definition) is 1. The Balaban J connectivity index is 2.60. The normalized spacial score (nSPS) is 20.4. The predicted octanol–water partition coefficient (Wildman–Crippen LogP) is 2.17. The average Bonchev–Trinajstić information content (AvgIpc) is 2.38. The van der Waals surface area contributed by atoms with Crippen LogP contribution in [0.4, 0.5) is 0 Å². The number of sulfone groups is 1. The van der Waals surface area contributed by atoms with Gasteiger partial charge in [0, 0.05) is 11.4 Å². The second-order valence-electron chi connectivity index (χ2n) is 4.61. The summed E-state index contributed by atoms with van der Waals surface area (Å²) in [4.78, 5) is 11.4. The van der Waals surface area contributed by atoms with Crippen molar-refractivity contribution >= 4 is 27.4 Å². The van der Waals surface area contributed by atoms with Crippen molar-refractivity contribution in [2.75, 3.05) is 18.2 Å². The fourth-order valence-corrected chi connectivity index (χ4v) is 4.21. The lowest BCUT2D eigenvalue weighted by atomic mass is 9.96. The summed E-state index contributed by atoms with van der Waals surface area (Å²) in [7, 11) is -3.37. The highest BCUT2D eigenvalue weighted by atomic mass is 35.5. The van der Waals surface area contributed by atoms with E-state index >= 15 is 0 Å². The Kier molecular flexibility index (Phi) is 4.36. The zero-order chi connectivity index (χ0) is 14.9. The molecule has 0 radical (unpaired) electrons. The molecule has 2 rings (SSSR count). The van der Waals surface area contributed by atoms with Crippen LogP contribution < -0.4 is 0 Å². The molecule has 0 aromatic heterocycles. The van der Waals surface area contributed by atoms with E-state index in [1.807, 2.05) is 0 Å². The first kappa shape index (κ1) is 15.3. The van der Waals surface area contributed by atoms with Crippen molar-refractivity contribution in [3.8, 4) is 0 Å². The van der Waals surface area contributed by atoms with Gasteiger partial charge in [0.15, 0.2) is 9.84 Å². The number of ether oxygens (including phenoxy) is 1. The highest BCUT2D eigenvalue weighted by Gasteiger charge is 2.33. The minimum Gasteiger partial charge on any atom is -0.478 e. The SMILES string of the molecule is Cc1c(C(=O)O)ccc2c1C(OCCCl)CCS2(=O)=O. The quantitative estimate of drug-likeness (QED) is 0.860. The molecule has 1 aromatic carbocycles. The predicted molar refractivity (Wildman–Crippen MR) is 74.2 cm³/mol. The van der Waals surface area contributed by atoms with E-state index in [0.29, 0.717) is 30.0 Å². The molecule has 0 aliphatic carbocycles. The van der Waals surface area contributed by atoms with Gasteiger partial charge in [-0.15, -0.1) is 11.6 Å². The second-order valence-corrected chi connectivity index (χ2v) is 7.07. The number of carboxylic acids is 1. The Labute approximate surface area is 122 Å². The first-order chi connectivity index (χ1) is 9.38. The summed E-state index contributed by atoms with van der Waals surface area (Å²) in [5.74, 6) is -0.779. The fourth-order valence-electron chi connectivity index (χ4n) is 2.48. The average molecular weight is 319 g/mol. The zero-order valence-corrected chi connectivity index (χ0v) is 12.5. The second kappa shape index (κ2) is 5.71. The number of carbonyl (C=O) groups is 1. The van der Waals surface area contributed by atoms with Crippen molar-refractivity contribution in [2.24, 2.45) is 0 Å². The maximum atomic E-state index is 12.1. The van der Waals surface area contributed by atoms with Gasteiger partial charge in [0.1, 0.15) is 0 Å². The molecule has 5 nitrogen and oxygen atoms in total. The topological polar surface area (TPSA) is 80.7 Å². The first-order valence-electron chi connectivity index (χ1n) is 6.15. The highest BCUT2D eigenvalue weighted by molar-refractivity contribution is 7.91. The van der Waals surface area contributed by atoms with Crippen LogP contribution in [0.5, 0.6) is 0 Å². The smallest absolute Gasteiger partial charge is 0.335 e. The van der Waals surface area contributed by atoms with Crippen LogP contribution in [0.1, 0.15) is 34.0 Å². The van der Waals surface area contributed by atoms with Crippen LogP contribution in [0.2, 0.25) is 0 Å². The molecule has 1 aliphatic rings. The number of carboxylic acid groups (broad SMARTS) is 1. The van der Waals surface area contributed by atoms with Crippen molar-refractivity contribution in [1.82, 2.24) is 0 Å². The van der Waals surface area contributed by atoms with Crippen molar-refractivity contribution in [3.05, 3.63) is 28.8 Å². The molecule has 20 heavy (non-hydrogen) atoms. The number of hydrogen-bond acceptors (Lipinski definition) is 4. The molecule has 1 heterocycles. The van der Waals surface area contributed by atoms with Gasteiger partial charge >= 0.3 is 5.97 Å². The first-order valence-corrected chi connectivity index (χ1v) is 8.34. The Morgan fingerprint density at radius 2 is 2.20 bits per heavy atom. The number of benzene rings is 1. The lowest BCUT2D eigenvalue weighted by Gasteiger charge is -2.27. The van der Waals surface area contributed by atoms with Crippen LogP contribution in [0.15, 0.2) is 17.0 Å². The molecule has 0 saturated carbocycles. The molecule has 110 valence electrons. The summed E-state index contributed by atoms with van der Waals surface area (Å²) >= 11 is 5.59. The summed E-state index contributed by atoms with van der Waals surface area (Å²) in [6, 6.07) is 2.69. The zero-order valence-electron chi connectivity index (χ0n) is 10.9. The third-order valence-electron chi connectivity index (χ3n) is 3.41. The van der Waals surface area contributed by atoms with Gasteiger partial charge in [-0.3, -0.25) is 0 Å². The van der Waals surface area contributed by atoms with Gasteiger partial charge in [-0.2, -0.15) is 0 Å². The maximum Gasteiger partial charge on any atom is 0.335 e. The number of fused-ring (bicyclic) bond motifs is 1. The number of halogens is 1. The monoisotopic (exact) mass is 318 g/mol. The van der Waals surface area contributed by atoms with Gasteiger partial charge < -0.3 is 9.84 Å². The van der Waals surface area contributed by atoms with E-state index in [2.05, 4.69) is 0 Å². The van der Waals surface area contributed by atoms with E-state index in [1.165, 1.54) is 12.1 Å². The van der Waals surface area contributed by atoms with Crippen LogP contribution in [-0.4, -0.2) is 37.7 Å². The van der Waals surface area contributed by atoms with Crippen LogP contribution in [-0.2, 0) is 14.6 Å². The Bertz CT molecular complexity index is 638. The van der Waals surface area contributed by atoms with Gasteiger partial charge in [0.05, 0.1) is 28.9 Å². The summed E-state index contributed by atoms with van der Waals surface area (Å²) < 4.78 is 29.8. The number of aromatic carboxylic acids is 1. The molecule has 0 spiro atoms. The summed E-state index contributed by atoms with van der Waals surface area (Å²) in [6.45, 7) is 1.91. The maximum absolute atomic E-state index is 12.1. The van der Waals surface area contributed by atoms with Gasteiger partial charge in [-0.1, -0.05) is 0 Å². The number of alkyl halides is 1. The molecule has 1 aliphatic heterocycles. The minimum atomic E-state index is -3.37. The molecule has 1 N–H and O–H groups in total. The molecule has 1 aromatic rings. The minimum absolute atomic E-state index is 0.00118. The van der Waals surface area contributed by atoms with Crippen molar-refractivity contribution < 1.29 is 23.1 Å². The van der Waals surface area contributed by atoms with Crippen LogP contribution in [0, 0.1) is 6.92 Å². The summed E-state index contributed by atoms with van der Waals surface area (Å²) in [5, 5.41) is 9.15. The lowest BCUT2D eigenvalue weighted by Crippen LogP contribution is -2.24. The van der Waals surface area contributed by atoms with E-state index in [-0.39, 0.29) is 16.2 Å². The molecule has 1 unspecified atom stereocenters. The van der Waals surface area contributed by atoms with Crippen molar-refractivity contribution in [3.63, 3.8) is 0 Å². The Hall–Kier alpha value is -1.11. The third-order valence-corrected chi connectivity index (χ3v) is 5.36. The Morgan fingerprint density at radius 3 is 2.80 bits per heavy atom. The van der Waals surface area contributed by atoms with Crippen molar-refractivity contribution in [2.45, 2.75) is 24.3 Å². The van der Waals surface area contributed by atoms with Crippen LogP contribution >= 0.6 is 11.6 Å². The van der Waals surface area contributed by atoms with Gasteiger partial charge in [0.2, 0.25) is 0 Å². The van der Waals surface area contributed by atoms with E-state index in [0.717, 1.165) is 0 Å². The molecule has 0 amide bonds. The lowest BCUT2D eigenvalue weighted by molar-refractivity contribution is 0.0572. The van der Waals surface area contributed by atoms with E-state index in [4.69, 9.17) is 21.4 Å². The van der Waals surface area contributed by atoms with Crippen molar-refractivity contribution in [1.29, 1.82) is 0 Å². The van der Waals surface area contributed by atoms with Crippen LogP contribution in [0.25, 0.3) is 0 Å². The number of rotatable bonds is 4. The fraction of sp³-hybridized carbons (Fsp3) is 0.462.